The third kappa shape index (κ3) is 3.22. The van der Waals surface area contributed by atoms with E-state index in [1.165, 1.54) is 5.71 Å². The molecule has 2 N–H and O–H groups in total. The molecule has 1 unspecified atom stereocenters. The van der Waals surface area contributed by atoms with E-state index in [0.717, 1.165) is 25.0 Å². The van der Waals surface area contributed by atoms with E-state index in [0.29, 0.717) is 5.92 Å². The smallest absolute Gasteiger partial charge is 0.0555 e. The van der Waals surface area contributed by atoms with Crippen molar-refractivity contribution in [3.05, 3.63) is 0 Å². The summed E-state index contributed by atoms with van der Waals surface area (Å²) in [5.74, 6) is 0.584. The van der Waals surface area contributed by atoms with Crippen LogP contribution >= 0.6 is 12.1 Å². The number of nitrogens with two attached hydrogens (primary N) is 1. The maximum atomic E-state index is 5.23. The van der Waals surface area contributed by atoms with Crippen molar-refractivity contribution < 1.29 is 0 Å². The monoisotopic (exact) mass is 160 g/mol. The fourth-order valence-electron chi connectivity index (χ4n) is 0.806. The van der Waals surface area contributed by atoms with Gasteiger partial charge in [-0.15, -0.1) is 0 Å². The van der Waals surface area contributed by atoms with Crippen molar-refractivity contribution in [2.75, 3.05) is 0 Å². The number of hydrogen-bond acceptors (Lipinski definition) is 3. The zero-order valence-electron chi connectivity index (χ0n) is 6.92. The lowest BCUT2D eigenvalue weighted by atomic mass is 10.0. The van der Waals surface area contributed by atoms with Crippen LogP contribution in [-0.4, -0.2) is 5.71 Å². The molecule has 0 rings (SSSR count). The van der Waals surface area contributed by atoms with Gasteiger partial charge >= 0.3 is 0 Å². The fraction of sp³-hybridized carbons (Fsp3) is 0.857. The van der Waals surface area contributed by atoms with Gasteiger partial charge in [-0.2, -0.15) is 0 Å². The van der Waals surface area contributed by atoms with E-state index in [1.807, 2.05) is 0 Å². The fourth-order valence-corrected chi connectivity index (χ4v) is 1.25. The highest BCUT2D eigenvalue weighted by Crippen LogP contribution is 2.09. The molecule has 0 aromatic heterocycles. The Morgan fingerprint density at radius 2 is 2.20 bits per heavy atom. The summed E-state index contributed by atoms with van der Waals surface area (Å²) >= 11 is 1.07. The summed E-state index contributed by atoms with van der Waals surface area (Å²) in [5.41, 5.74) is 1.22. The molecule has 0 aliphatic carbocycles. The van der Waals surface area contributed by atoms with Gasteiger partial charge in [0, 0.05) is 5.71 Å². The lowest BCUT2D eigenvalue weighted by Gasteiger charge is -2.08. The topological polar surface area (TPSA) is 38.4 Å². The molecular weight excluding hydrogens is 144 g/mol. The van der Waals surface area contributed by atoms with Crippen LogP contribution in [0.15, 0.2) is 4.40 Å². The van der Waals surface area contributed by atoms with E-state index in [2.05, 4.69) is 25.2 Å². The van der Waals surface area contributed by atoms with Gasteiger partial charge in [0.2, 0.25) is 0 Å². The standard InChI is InChI=1S/C7H16N2S/c1-4-6(3)7(5-2)9-10-8/h6H,4-5,8H2,1-3H3. The summed E-state index contributed by atoms with van der Waals surface area (Å²) in [4.78, 5) is 0. The Balaban J connectivity index is 3.92. The zero-order valence-corrected chi connectivity index (χ0v) is 7.74. The first-order valence-electron chi connectivity index (χ1n) is 3.68. The van der Waals surface area contributed by atoms with E-state index in [4.69, 9.17) is 5.14 Å². The van der Waals surface area contributed by atoms with Crippen LogP contribution in [0.3, 0.4) is 0 Å². The van der Waals surface area contributed by atoms with Crippen LogP contribution < -0.4 is 5.14 Å². The third-order valence-corrected chi connectivity index (χ3v) is 2.05. The Bertz CT molecular complexity index is 112. The van der Waals surface area contributed by atoms with Crippen molar-refractivity contribution in [3.8, 4) is 0 Å². The summed E-state index contributed by atoms with van der Waals surface area (Å²) in [6.45, 7) is 6.46. The molecule has 0 aliphatic heterocycles. The first-order chi connectivity index (χ1) is 4.76. The minimum atomic E-state index is 0.584. The Kier molecular flexibility index (Phi) is 5.73. The summed E-state index contributed by atoms with van der Waals surface area (Å²) in [7, 11) is 0. The van der Waals surface area contributed by atoms with Crippen molar-refractivity contribution in [1.29, 1.82) is 0 Å². The molecule has 0 radical (unpaired) electrons. The van der Waals surface area contributed by atoms with Gasteiger partial charge in [-0.1, -0.05) is 20.8 Å². The van der Waals surface area contributed by atoms with Crippen molar-refractivity contribution in [2.45, 2.75) is 33.6 Å². The molecule has 0 saturated heterocycles. The van der Waals surface area contributed by atoms with Gasteiger partial charge in [0.25, 0.3) is 0 Å². The van der Waals surface area contributed by atoms with E-state index in [1.54, 1.807) is 0 Å². The third-order valence-electron chi connectivity index (χ3n) is 1.71. The van der Waals surface area contributed by atoms with Crippen LogP contribution in [0.2, 0.25) is 0 Å². The predicted octanol–water partition coefficient (Wildman–Crippen LogP) is 2.41. The number of nitrogens with zero attached hydrogens (tertiary/aromatic N) is 1. The zero-order chi connectivity index (χ0) is 7.98. The molecule has 0 fully saturated rings. The Morgan fingerprint density at radius 1 is 1.60 bits per heavy atom. The maximum Gasteiger partial charge on any atom is 0.0555 e. The second-order valence-corrected chi connectivity index (χ2v) is 2.74. The highest BCUT2D eigenvalue weighted by Gasteiger charge is 2.04. The van der Waals surface area contributed by atoms with Crippen LogP contribution in [0.5, 0.6) is 0 Å². The largest absolute Gasteiger partial charge is 0.258 e. The van der Waals surface area contributed by atoms with Gasteiger partial charge in [0.05, 0.1) is 12.1 Å². The van der Waals surface area contributed by atoms with Gasteiger partial charge in [0.1, 0.15) is 0 Å². The Labute approximate surface area is 67.6 Å². The summed E-state index contributed by atoms with van der Waals surface area (Å²) < 4.78 is 4.12. The van der Waals surface area contributed by atoms with Crippen molar-refractivity contribution >= 4 is 17.8 Å². The number of rotatable bonds is 4. The van der Waals surface area contributed by atoms with Gasteiger partial charge in [-0.3, -0.25) is 5.14 Å². The number of hydrogen-bond donors (Lipinski definition) is 1. The molecule has 1 atom stereocenters. The van der Waals surface area contributed by atoms with Crippen molar-refractivity contribution in [3.63, 3.8) is 0 Å². The van der Waals surface area contributed by atoms with Crippen LogP contribution in [0.25, 0.3) is 0 Å². The molecule has 0 saturated carbocycles. The van der Waals surface area contributed by atoms with Crippen molar-refractivity contribution in [1.82, 2.24) is 0 Å². The van der Waals surface area contributed by atoms with Crippen molar-refractivity contribution in [2.24, 2.45) is 15.5 Å². The molecule has 3 heteroatoms. The molecular formula is C7H16N2S. The summed E-state index contributed by atoms with van der Waals surface area (Å²) in [5, 5.41) is 5.23. The molecule has 0 amide bonds. The minimum Gasteiger partial charge on any atom is -0.258 e. The van der Waals surface area contributed by atoms with Crippen LogP contribution in [-0.2, 0) is 0 Å². The predicted molar refractivity (Wildman–Crippen MR) is 49.0 cm³/mol. The molecule has 0 heterocycles. The van der Waals surface area contributed by atoms with Gasteiger partial charge < -0.3 is 0 Å². The van der Waals surface area contributed by atoms with E-state index < -0.39 is 0 Å². The Morgan fingerprint density at radius 3 is 2.50 bits per heavy atom. The highest BCUT2D eigenvalue weighted by molar-refractivity contribution is 7.95. The molecule has 60 valence electrons. The molecule has 0 bridgehead atoms. The molecule has 2 nitrogen and oxygen atoms in total. The molecule has 0 aliphatic rings. The molecule has 0 aromatic carbocycles. The summed E-state index contributed by atoms with van der Waals surface area (Å²) in [6, 6.07) is 0. The molecule has 0 spiro atoms. The van der Waals surface area contributed by atoms with Gasteiger partial charge in [0.15, 0.2) is 0 Å². The first kappa shape index (κ1) is 9.98. The first-order valence-corrected chi connectivity index (χ1v) is 4.52. The van der Waals surface area contributed by atoms with E-state index >= 15 is 0 Å². The van der Waals surface area contributed by atoms with Gasteiger partial charge in [-0.05, 0) is 18.8 Å². The average Bonchev–Trinajstić information content (AvgIpc) is 1.99. The van der Waals surface area contributed by atoms with Gasteiger partial charge in [-0.25, -0.2) is 4.40 Å². The van der Waals surface area contributed by atoms with E-state index in [-0.39, 0.29) is 0 Å². The van der Waals surface area contributed by atoms with Crippen LogP contribution in [0, 0.1) is 5.92 Å². The maximum absolute atomic E-state index is 5.23. The second kappa shape index (κ2) is 5.74. The minimum absolute atomic E-state index is 0.584. The average molecular weight is 160 g/mol. The van der Waals surface area contributed by atoms with Crippen LogP contribution in [0.1, 0.15) is 33.6 Å². The van der Waals surface area contributed by atoms with Crippen LogP contribution in [0.4, 0.5) is 0 Å². The normalized spacial score (nSPS) is 15.4. The molecule has 0 aromatic rings. The quantitative estimate of drug-likeness (QED) is 0.506. The van der Waals surface area contributed by atoms with E-state index in [9.17, 15) is 0 Å². The lowest BCUT2D eigenvalue weighted by Crippen LogP contribution is -2.08. The lowest BCUT2D eigenvalue weighted by molar-refractivity contribution is 0.727. The summed E-state index contributed by atoms with van der Waals surface area (Å²) in [6.07, 6.45) is 2.16. The Hall–Kier alpha value is -0.0200. The highest BCUT2D eigenvalue weighted by atomic mass is 32.2. The molecule has 10 heavy (non-hydrogen) atoms. The second-order valence-electron chi connectivity index (χ2n) is 2.35. The SMILES string of the molecule is CCC(=NSN)C(C)CC.